The summed E-state index contributed by atoms with van der Waals surface area (Å²) in [7, 11) is 0. The Kier molecular flexibility index (Phi) is 7.63. The Bertz CT molecular complexity index is 1330. The first kappa shape index (κ1) is 26.0. The lowest BCUT2D eigenvalue weighted by molar-refractivity contribution is 0.0942. The maximum absolute atomic E-state index is 14.9. The first-order valence-electron chi connectivity index (χ1n) is 12.0. The van der Waals surface area contributed by atoms with Crippen LogP contribution in [-0.4, -0.2) is 47.0 Å². The van der Waals surface area contributed by atoms with Crippen molar-refractivity contribution in [3.63, 3.8) is 0 Å². The topological polar surface area (TPSA) is 139 Å². The SMILES string of the molecule is CC(C)NC(=O)c1ccc(F)c(-c2nc(C(=O)Nc3cnccc3N3CCC[C@H](N)C3)c(N)cc2F)c1. The van der Waals surface area contributed by atoms with Crippen LogP contribution in [0.2, 0.25) is 0 Å². The van der Waals surface area contributed by atoms with Crippen molar-refractivity contribution >= 4 is 28.9 Å². The Hall–Kier alpha value is -4.12. The van der Waals surface area contributed by atoms with Gasteiger partial charge >= 0.3 is 0 Å². The van der Waals surface area contributed by atoms with E-state index in [1.807, 2.05) is 0 Å². The van der Waals surface area contributed by atoms with Gasteiger partial charge in [-0.1, -0.05) is 0 Å². The van der Waals surface area contributed by atoms with E-state index in [9.17, 15) is 18.4 Å². The Morgan fingerprint density at radius 3 is 2.65 bits per heavy atom. The third-order valence-corrected chi connectivity index (χ3v) is 5.97. The van der Waals surface area contributed by atoms with E-state index in [0.29, 0.717) is 12.2 Å². The van der Waals surface area contributed by atoms with E-state index in [1.54, 1.807) is 26.1 Å². The smallest absolute Gasteiger partial charge is 0.276 e. The highest BCUT2D eigenvalue weighted by Gasteiger charge is 2.24. The van der Waals surface area contributed by atoms with Crippen LogP contribution in [0.3, 0.4) is 0 Å². The number of nitrogen functional groups attached to an aromatic ring is 1. The number of piperidine rings is 1. The number of rotatable bonds is 6. The zero-order valence-corrected chi connectivity index (χ0v) is 20.6. The molecule has 37 heavy (non-hydrogen) atoms. The molecule has 1 fully saturated rings. The number of carbonyl (C=O) groups excluding carboxylic acids is 2. The fourth-order valence-corrected chi connectivity index (χ4v) is 4.24. The summed E-state index contributed by atoms with van der Waals surface area (Å²) < 4.78 is 29.6. The van der Waals surface area contributed by atoms with E-state index in [-0.39, 0.29) is 34.6 Å². The largest absolute Gasteiger partial charge is 0.397 e. The fourth-order valence-electron chi connectivity index (χ4n) is 4.24. The van der Waals surface area contributed by atoms with E-state index in [2.05, 4.69) is 25.5 Å². The molecule has 1 aliphatic heterocycles. The highest BCUT2D eigenvalue weighted by atomic mass is 19.1. The zero-order valence-electron chi connectivity index (χ0n) is 20.6. The molecule has 11 heteroatoms. The molecule has 1 aromatic carbocycles. The second-order valence-corrected chi connectivity index (χ2v) is 9.27. The van der Waals surface area contributed by atoms with Gasteiger partial charge in [-0.3, -0.25) is 14.6 Å². The van der Waals surface area contributed by atoms with Crippen molar-refractivity contribution in [1.82, 2.24) is 15.3 Å². The Balaban J connectivity index is 1.67. The molecular formula is C26H29F2N7O2. The van der Waals surface area contributed by atoms with Crippen molar-refractivity contribution in [3.8, 4) is 11.3 Å². The van der Waals surface area contributed by atoms with Gasteiger partial charge in [-0.25, -0.2) is 13.8 Å². The second-order valence-electron chi connectivity index (χ2n) is 9.27. The van der Waals surface area contributed by atoms with Crippen LogP contribution in [0.25, 0.3) is 11.3 Å². The minimum Gasteiger partial charge on any atom is -0.397 e. The van der Waals surface area contributed by atoms with Crippen molar-refractivity contribution < 1.29 is 18.4 Å². The molecule has 1 saturated heterocycles. The molecule has 194 valence electrons. The maximum atomic E-state index is 14.9. The molecule has 0 saturated carbocycles. The summed E-state index contributed by atoms with van der Waals surface area (Å²) in [5.41, 5.74) is 12.1. The molecule has 0 radical (unpaired) electrons. The number of hydrogen-bond acceptors (Lipinski definition) is 7. The molecule has 9 nitrogen and oxygen atoms in total. The maximum Gasteiger partial charge on any atom is 0.276 e. The highest BCUT2D eigenvalue weighted by molar-refractivity contribution is 6.08. The molecule has 0 unspecified atom stereocenters. The van der Waals surface area contributed by atoms with E-state index >= 15 is 0 Å². The van der Waals surface area contributed by atoms with E-state index in [1.165, 1.54) is 18.3 Å². The predicted molar refractivity (Wildman–Crippen MR) is 138 cm³/mol. The monoisotopic (exact) mass is 509 g/mol. The average molecular weight is 510 g/mol. The standard InChI is InChI=1S/C26H29F2N7O2/c1-14(2)32-25(36)15-5-6-18(27)17(10-15)23-19(28)11-20(30)24(34-23)26(37)33-21-12-31-8-7-22(21)35-9-3-4-16(29)13-35/h5-8,10-12,14,16H,3-4,9,13,29-30H2,1-2H3,(H,32,36)(H,33,37)/t16-/m0/s1. The number of nitrogens with one attached hydrogen (secondary N) is 2. The second kappa shape index (κ2) is 10.9. The number of anilines is 3. The number of aromatic nitrogens is 2. The van der Waals surface area contributed by atoms with E-state index < -0.39 is 29.1 Å². The lowest BCUT2D eigenvalue weighted by Gasteiger charge is -2.33. The minimum atomic E-state index is -0.932. The van der Waals surface area contributed by atoms with Gasteiger partial charge in [-0.15, -0.1) is 0 Å². The van der Waals surface area contributed by atoms with Crippen LogP contribution in [0, 0.1) is 11.6 Å². The first-order valence-corrected chi connectivity index (χ1v) is 12.0. The Morgan fingerprint density at radius 1 is 1.14 bits per heavy atom. The molecule has 3 heterocycles. The van der Waals surface area contributed by atoms with Gasteiger partial charge in [-0.2, -0.15) is 0 Å². The molecule has 4 rings (SSSR count). The van der Waals surface area contributed by atoms with E-state index in [0.717, 1.165) is 37.2 Å². The van der Waals surface area contributed by atoms with Crippen molar-refractivity contribution in [3.05, 3.63) is 65.6 Å². The summed E-state index contributed by atoms with van der Waals surface area (Å²) in [4.78, 5) is 35.8. The van der Waals surface area contributed by atoms with Gasteiger partial charge in [0.1, 0.15) is 11.5 Å². The van der Waals surface area contributed by atoms with Crippen molar-refractivity contribution in [2.45, 2.75) is 38.8 Å². The molecule has 0 aliphatic carbocycles. The number of nitrogens with zero attached hydrogens (tertiary/aromatic N) is 3. The van der Waals surface area contributed by atoms with Crippen LogP contribution < -0.4 is 27.0 Å². The number of halogens is 2. The number of carbonyl (C=O) groups is 2. The summed E-state index contributed by atoms with van der Waals surface area (Å²) in [5.74, 6) is -2.91. The molecule has 1 atom stereocenters. The minimum absolute atomic E-state index is 0.00992. The number of pyridine rings is 2. The van der Waals surface area contributed by atoms with Crippen molar-refractivity contribution in [1.29, 1.82) is 0 Å². The van der Waals surface area contributed by atoms with Crippen molar-refractivity contribution in [2.24, 2.45) is 5.73 Å². The van der Waals surface area contributed by atoms with Gasteiger partial charge in [0.05, 0.1) is 23.3 Å². The summed E-state index contributed by atoms with van der Waals surface area (Å²) in [6, 6.07) is 6.06. The third-order valence-electron chi connectivity index (χ3n) is 5.97. The fraction of sp³-hybridized carbons (Fsp3) is 0.308. The number of nitrogens with two attached hydrogens (primary N) is 2. The highest BCUT2D eigenvalue weighted by Crippen LogP contribution is 2.30. The molecule has 2 aromatic heterocycles. The number of hydrogen-bond donors (Lipinski definition) is 4. The first-order chi connectivity index (χ1) is 17.6. The van der Waals surface area contributed by atoms with E-state index in [4.69, 9.17) is 11.5 Å². The zero-order chi connectivity index (χ0) is 26.7. The number of benzene rings is 1. The lowest BCUT2D eigenvalue weighted by Crippen LogP contribution is -2.43. The quantitative estimate of drug-likeness (QED) is 0.400. The summed E-state index contributed by atoms with van der Waals surface area (Å²) in [5, 5.41) is 5.43. The van der Waals surface area contributed by atoms with Gasteiger partial charge in [0.2, 0.25) is 0 Å². The Labute approximate surface area is 213 Å². The summed E-state index contributed by atoms with van der Waals surface area (Å²) in [6.07, 6.45) is 4.93. The normalized spacial score (nSPS) is 15.5. The van der Waals surface area contributed by atoms with Crippen LogP contribution in [0.5, 0.6) is 0 Å². The average Bonchev–Trinajstić information content (AvgIpc) is 2.84. The van der Waals surface area contributed by atoms with Crippen LogP contribution in [0.1, 0.15) is 47.5 Å². The van der Waals surface area contributed by atoms with Gasteiger partial charge in [0, 0.05) is 48.6 Å². The van der Waals surface area contributed by atoms with Gasteiger partial charge < -0.3 is 27.0 Å². The molecule has 3 aromatic rings. The molecule has 6 N–H and O–H groups in total. The van der Waals surface area contributed by atoms with Crippen LogP contribution in [-0.2, 0) is 0 Å². The van der Waals surface area contributed by atoms with Gasteiger partial charge in [0.15, 0.2) is 11.5 Å². The lowest BCUT2D eigenvalue weighted by atomic mass is 10.0. The Morgan fingerprint density at radius 2 is 1.92 bits per heavy atom. The summed E-state index contributed by atoms with van der Waals surface area (Å²) >= 11 is 0. The van der Waals surface area contributed by atoms with Gasteiger partial charge in [0.25, 0.3) is 11.8 Å². The third kappa shape index (κ3) is 5.83. The van der Waals surface area contributed by atoms with Crippen LogP contribution in [0.4, 0.5) is 25.8 Å². The summed E-state index contributed by atoms with van der Waals surface area (Å²) in [6.45, 7) is 4.94. The molecule has 0 bridgehead atoms. The van der Waals surface area contributed by atoms with Crippen LogP contribution >= 0.6 is 0 Å². The molecular weight excluding hydrogens is 480 g/mol. The van der Waals surface area contributed by atoms with Crippen molar-refractivity contribution in [2.75, 3.05) is 29.0 Å². The predicted octanol–water partition coefficient (Wildman–Crippen LogP) is 3.32. The number of amides is 2. The molecule has 2 amide bonds. The molecule has 1 aliphatic rings. The van der Waals surface area contributed by atoms with Crippen LogP contribution in [0.15, 0.2) is 42.7 Å². The van der Waals surface area contributed by atoms with Gasteiger partial charge in [-0.05, 0) is 51.0 Å². The molecule has 0 spiro atoms.